The average Bonchev–Trinajstić information content (AvgIpc) is 2.56. The predicted molar refractivity (Wildman–Crippen MR) is 49.4 cm³/mol. The zero-order valence-corrected chi connectivity index (χ0v) is 8.76. The fourth-order valence-electron chi connectivity index (χ4n) is 1.31. The van der Waals surface area contributed by atoms with Gasteiger partial charge in [0.05, 0.1) is 6.07 Å². The van der Waals surface area contributed by atoms with Crippen molar-refractivity contribution in [3.63, 3.8) is 0 Å². The van der Waals surface area contributed by atoms with Gasteiger partial charge in [0.25, 0.3) is 0 Å². The highest BCUT2D eigenvalue weighted by molar-refractivity contribution is 7.90. The molecule has 0 bridgehead atoms. The van der Waals surface area contributed by atoms with E-state index >= 15 is 0 Å². The zero-order chi connectivity index (χ0) is 10.1. The van der Waals surface area contributed by atoms with Crippen LogP contribution in [0.2, 0.25) is 0 Å². The monoisotopic (exact) mass is 202 g/mol. The largest absolute Gasteiger partial charge is 0.232 e. The van der Waals surface area contributed by atoms with Crippen LogP contribution in [0.3, 0.4) is 0 Å². The molecule has 0 amide bonds. The van der Waals surface area contributed by atoms with Gasteiger partial charge in [-0.2, -0.15) is 5.26 Å². The fourth-order valence-corrected chi connectivity index (χ4v) is 2.81. The summed E-state index contributed by atoms with van der Waals surface area (Å²) in [6.45, 7) is 4.02. The van der Waals surface area contributed by atoms with E-state index in [4.69, 9.17) is 5.26 Å². The Hall–Kier alpha value is -0.600. The summed E-state index contributed by atoms with van der Waals surface area (Å²) in [5, 5.41) is 8.73. The Labute approximate surface area is 79.2 Å². The summed E-state index contributed by atoms with van der Waals surface area (Å²) < 4.78 is 23.7. The van der Waals surface area contributed by atoms with Crippen molar-refractivity contribution in [1.29, 1.82) is 5.26 Å². The van der Waals surface area contributed by atoms with Crippen LogP contribution in [0.4, 0.5) is 0 Å². The van der Waals surface area contributed by atoms with Crippen LogP contribution in [0.25, 0.3) is 0 Å². The molecule has 0 N–H and O–H groups in total. The van der Waals surface area contributed by atoms with Crippen molar-refractivity contribution >= 4 is 10.0 Å². The number of hydrogen-bond donors (Lipinski definition) is 0. The number of nitrogens with zero attached hydrogens (tertiary/aromatic N) is 2. The Bertz CT molecular complexity index is 321. The zero-order valence-electron chi connectivity index (χ0n) is 7.95. The number of nitriles is 1. The fraction of sp³-hybridized carbons (Fsp3) is 0.875. The Balaban J connectivity index is 2.96. The van der Waals surface area contributed by atoms with E-state index in [9.17, 15) is 8.42 Å². The second kappa shape index (κ2) is 3.28. The minimum absolute atomic E-state index is 0.563. The van der Waals surface area contributed by atoms with Gasteiger partial charge in [-0.1, -0.05) is 0 Å². The van der Waals surface area contributed by atoms with Gasteiger partial charge in [-0.05, 0) is 26.7 Å². The van der Waals surface area contributed by atoms with E-state index in [0.717, 1.165) is 12.8 Å². The molecule has 1 heterocycles. The van der Waals surface area contributed by atoms with Gasteiger partial charge in [-0.25, -0.2) is 12.7 Å². The maximum absolute atomic E-state index is 11.8. The summed E-state index contributed by atoms with van der Waals surface area (Å²) in [6, 6.07) is 1.83. The third-order valence-corrected chi connectivity index (χ3v) is 4.75. The Morgan fingerprint density at radius 3 is 2.15 bits per heavy atom. The van der Waals surface area contributed by atoms with Crippen LogP contribution < -0.4 is 0 Å². The van der Waals surface area contributed by atoms with Crippen molar-refractivity contribution in [3.8, 4) is 6.07 Å². The SMILES string of the molecule is CC(C)(C#N)S(=O)(=O)N1CCCC1. The normalized spacial score (nSPS) is 20.1. The predicted octanol–water partition coefficient (Wildman–Crippen LogP) is 0.714. The molecule has 0 unspecified atom stereocenters. The van der Waals surface area contributed by atoms with Crippen LogP contribution in [0.1, 0.15) is 26.7 Å². The first-order valence-corrected chi connectivity index (χ1v) is 5.77. The molecule has 1 aliphatic rings. The molecule has 0 radical (unpaired) electrons. The maximum atomic E-state index is 11.8. The molecule has 0 atom stereocenters. The highest BCUT2D eigenvalue weighted by Gasteiger charge is 2.40. The van der Waals surface area contributed by atoms with E-state index in [-0.39, 0.29) is 0 Å². The van der Waals surface area contributed by atoms with Gasteiger partial charge in [-0.3, -0.25) is 0 Å². The van der Waals surface area contributed by atoms with E-state index in [0.29, 0.717) is 13.1 Å². The summed E-state index contributed by atoms with van der Waals surface area (Å²) in [5.41, 5.74) is 0. The Morgan fingerprint density at radius 2 is 1.77 bits per heavy atom. The molecule has 1 fully saturated rings. The second-order valence-corrected chi connectivity index (χ2v) is 6.22. The third kappa shape index (κ3) is 1.69. The van der Waals surface area contributed by atoms with E-state index < -0.39 is 14.8 Å². The third-order valence-electron chi connectivity index (χ3n) is 2.32. The second-order valence-electron chi connectivity index (χ2n) is 3.73. The van der Waals surface area contributed by atoms with Crippen LogP contribution in [0.5, 0.6) is 0 Å². The lowest BCUT2D eigenvalue weighted by Gasteiger charge is -2.23. The standard InChI is InChI=1S/C8H14N2O2S/c1-8(2,7-9)13(11,12)10-5-3-4-6-10/h3-6H2,1-2H3. The van der Waals surface area contributed by atoms with Gasteiger partial charge >= 0.3 is 0 Å². The van der Waals surface area contributed by atoms with Gasteiger partial charge in [0, 0.05) is 13.1 Å². The number of rotatable bonds is 2. The van der Waals surface area contributed by atoms with Crippen molar-refractivity contribution in [2.45, 2.75) is 31.4 Å². The smallest absolute Gasteiger partial charge is 0.211 e. The molecule has 74 valence electrons. The lowest BCUT2D eigenvalue weighted by Crippen LogP contribution is -2.42. The van der Waals surface area contributed by atoms with E-state index in [1.807, 2.05) is 6.07 Å². The molecule has 1 aliphatic heterocycles. The highest BCUT2D eigenvalue weighted by atomic mass is 32.2. The molecular weight excluding hydrogens is 188 g/mol. The van der Waals surface area contributed by atoms with Gasteiger partial charge < -0.3 is 0 Å². The molecule has 0 aromatic rings. The van der Waals surface area contributed by atoms with E-state index in [1.54, 1.807) is 0 Å². The lowest BCUT2D eigenvalue weighted by molar-refractivity contribution is 0.460. The number of sulfonamides is 1. The van der Waals surface area contributed by atoms with Gasteiger partial charge in [-0.15, -0.1) is 0 Å². The van der Waals surface area contributed by atoms with Crippen molar-refractivity contribution in [1.82, 2.24) is 4.31 Å². The minimum atomic E-state index is -3.42. The summed E-state index contributed by atoms with van der Waals surface area (Å²) >= 11 is 0. The van der Waals surface area contributed by atoms with Gasteiger partial charge in [0.1, 0.15) is 0 Å². The van der Waals surface area contributed by atoms with E-state index in [2.05, 4.69) is 0 Å². The molecule has 0 aliphatic carbocycles. The summed E-state index contributed by atoms with van der Waals surface area (Å²) in [6.07, 6.45) is 1.81. The van der Waals surface area contributed by atoms with Crippen LogP contribution in [-0.4, -0.2) is 30.6 Å². The van der Waals surface area contributed by atoms with Crippen LogP contribution in [0, 0.1) is 11.3 Å². The van der Waals surface area contributed by atoms with Gasteiger partial charge in [0.2, 0.25) is 10.0 Å². The van der Waals surface area contributed by atoms with Crippen LogP contribution in [-0.2, 0) is 10.0 Å². The average molecular weight is 202 g/mol. The molecule has 0 aromatic heterocycles. The van der Waals surface area contributed by atoms with Crippen molar-refractivity contribution in [2.75, 3.05) is 13.1 Å². The highest BCUT2D eigenvalue weighted by Crippen LogP contribution is 2.23. The molecule has 5 heteroatoms. The topological polar surface area (TPSA) is 61.2 Å². The van der Waals surface area contributed by atoms with E-state index in [1.165, 1.54) is 18.2 Å². The molecule has 4 nitrogen and oxygen atoms in total. The first-order chi connectivity index (χ1) is 5.92. The molecular formula is C8H14N2O2S. The van der Waals surface area contributed by atoms with Crippen molar-refractivity contribution in [2.24, 2.45) is 0 Å². The summed E-state index contributed by atoms with van der Waals surface area (Å²) in [7, 11) is -3.42. The molecule has 13 heavy (non-hydrogen) atoms. The quantitative estimate of drug-likeness (QED) is 0.662. The molecule has 1 saturated heterocycles. The Morgan fingerprint density at radius 1 is 1.31 bits per heavy atom. The number of hydrogen-bond acceptors (Lipinski definition) is 3. The van der Waals surface area contributed by atoms with Crippen molar-refractivity contribution in [3.05, 3.63) is 0 Å². The molecule has 0 aromatic carbocycles. The molecule has 0 spiro atoms. The Kier molecular flexibility index (Phi) is 2.64. The molecule has 0 saturated carbocycles. The maximum Gasteiger partial charge on any atom is 0.232 e. The first-order valence-electron chi connectivity index (χ1n) is 4.33. The summed E-state index contributed by atoms with van der Waals surface area (Å²) in [5.74, 6) is 0. The summed E-state index contributed by atoms with van der Waals surface area (Å²) in [4.78, 5) is 0. The van der Waals surface area contributed by atoms with Crippen LogP contribution >= 0.6 is 0 Å². The minimum Gasteiger partial charge on any atom is -0.211 e. The van der Waals surface area contributed by atoms with Gasteiger partial charge in [0.15, 0.2) is 4.75 Å². The first kappa shape index (κ1) is 10.5. The van der Waals surface area contributed by atoms with Crippen molar-refractivity contribution < 1.29 is 8.42 Å². The lowest BCUT2D eigenvalue weighted by atomic mass is 10.2. The van der Waals surface area contributed by atoms with Crippen LogP contribution in [0.15, 0.2) is 0 Å². The molecule has 1 rings (SSSR count).